The summed E-state index contributed by atoms with van der Waals surface area (Å²) < 4.78 is 5.30. The van der Waals surface area contributed by atoms with Crippen molar-refractivity contribution in [3.63, 3.8) is 0 Å². The summed E-state index contributed by atoms with van der Waals surface area (Å²) in [5.74, 6) is 0.994. The molecule has 126 valence electrons. The van der Waals surface area contributed by atoms with Crippen LogP contribution in [0.25, 0.3) is 0 Å². The quantitative estimate of drug-likeness (QED) is 0.859. The first-order chi connectivity index (χ1) is 10.8. The van der Waals surface area contributed by atoms with E-state index in [1.165, 1.54) is 0 Å². The fourth-order valence-corrected chi connectivity index (χ4v) is 2.91. The Hall–Kier alpha value is -2.04. The molecular weight excluding hydrogens is 292 g/mol. The second-order valence-electron chi connectivity index (χ2n) is 6.41. The Balaban J connectivity index is 2.08. The predicted molar refractivity (Wildman–Crippen MR) is 89.8 cm³/mol. The van der Waals surface area contributed by atoms with Crippen LogP contribution in [-0.2, 0) is 4.79 Å². The number of piperazine rings is 1. The van der Waals surface area contributed by atoms with Crippen molar-refractivity contribution in [2.45, 2.75) is 27.7 Å². The molecule has 0 spiro atoms. The van der Waals surface area contributed by atoms with Crippen LogP contribution in [0.3, 0.4) is 0 Å². The Labute approximate surface area is 138 Å². The number of aryl methyl sites for hydroxylation is 2. The standard InChI is InChI=1S/C18H26N2O3/c1-12(2)17(21)19-6-8-20(9-7-19)18(22)15-10-14(4)16(23-5)11-13(15)3/h10-12H,6-9H2,1-5H3. The van der Waals surface area contributed by atoms with Crippen molar-refractivity contribution in [3.8, 4) is 5.75 Å². The van der Waals surface area contributed by atoms with E-state index in [1.807, 2.05) is 49.6 Å². The molecule has 0 aliphatic carbocycles. The SMILES string of the molecule is COc1cc(C)c(C(=O)N2CCN(C(=O)C(C)C)CC2)cc1C. The van der Waals surface area contributed by atoms with Gasteiger partial charge < -0.3 is 14.5 Å². The van der Waals surface area contributed by atoms with E-state index in [0.29, 0.717) is 31.7 Å². The highest BCUT2D eigenvalue weighted by Gasteiger charge is 2.26. The molecule has 1 aliphatic heterocycles. The molecule has 0 bridgehead atoms. The molecule has 0 N–H and O–H groups in total. The van der Waals surface area contributed by atoms with Gasteiger partial charge in [-0.15, -0.1) is 0 Å². The van der Waals surface area contributed by atoms with Crippen LogP contribution in [0.1, 0.15) is 35.3 Å². The Morgan fingerprint density at radius 3 is 2.09 bits per heavy atom. The highest BCUT2D eigenvalue weighted by molar-refractivity contribution is 5.96. The van der Waals surface area contributed by atoms with Gasteiger partial charge in [0.25, 0.3) is 5.91 Å². The van der Waals surface area contributed by atoms with Crippen molar-refractivity contribution in [2.75, 3.05) is 33.3 Å². The average molecular weight is 318 g/mol. The van der Waals surface area contributed by atoms with Crippen LogP contribution in [0.15, 0.2) is 12.1 Å². The summed E-state index contributed by atoms with van der Waals surface area (Å²) in [7, 11) is 1.63. The molecule has 23 heavy (non-hydrogen) atoms. The number of amides is 2. The number of ether oxygens (including phenoxy) is 1. The maximum atomic E-state index is 12.8. The normalized spacial score (nSPS) is 15.0. The van der Waals surface area contributed by atoms with Crippen molar-refractivity contribution < 1.29 is 14.3 Å². The van der Waals surface area contributed by atoms with E-state index in [-0.39, 0.29) is 17.7 Å². The van der Waals surface area contributed by atoms with Crippen LogP contribution >= 0.6 is 0 Å². The fourth-order valence-electron chi connectivity index (χ4n) is 2.91. The van der Waals surface area contributed by atoms with E-state index >= 15 is 0 Å². The van der Waals surface area contributed by atoms with Crippen molar-refractivity contribution in [3.05, 3.63) is 28.8 Å². The van der Waals surface area contributed by atoms with Gasteiger partial charge in [0.15, 0.2) is 0 Å². The van der Waals surface area contributed by atoms with Crippen LogP contribution < -0.4 is 4.74 Å². The molecule has 5 nitrogen and oxygen atoms in total. The zero-order valence-corrected chi connectivity index (χ0v) is 14.7. The summed E-state index contributed by atoms with van der Waals surface area (Å²) in [4.78, 5) is 28.5. The van der Waals surface area contributed by atoms with Crippen LogP contribution in [0.5, 0.6) is 5.75 Å². The van der Waals surface area contributed by atoms with Crippen LogP contribution in [0.4, 0.5) is 0 Å². The molecule has 1 saturated heterocycles. The first-order valence-corrected chi connectivity index (χ1v) is 8.08. The lowest BCUT2D eigenvalue weighted by molar-refractivity contribution is -0.135. The number of hydrogen-bond acceptors (Lipinski definition) is 3. The highest BCUT2D eigenvalue weighted by atomic mass is 16.5. The predicted octanol–water partition coefficient (Wildman–Crippen LogP) is 2.25. The Morgan fingerprint density at radius 1 is 1.00 bits per heavy atom. The monoisotopic (exact) mass is 318 g/mol. The van der Waals surface area contributed by atoms with E-state index in [1.54, 1.807) is 7.11 Å². The molecular formula is C18H26N2O3. The Kier molecular flexibility index (Phi) is 5.29. The summed E-state index contributed by atoms with van der Waals surface area (Å²) in [5.41, 5.74) is 2.58. The first kappa shape index (κ1) is 17.3. The molecule has 1 aromatic rings. The van der Waals surface area contributed by atoms with Gasteiger partial charge in [-0.2, -0.15) is 0 Å². The van der Waals surface area contributed by atoms with Gasteiger partial charge in [0, 0.05) is 37.7 Å². The van der Waals surface area contributed by atoms with E-state index in [2.05, 4.69) is 0 Å². The van der Waals surface area contributed by atoms with Crippen molar-refractivity contribution in [2.24, 2.45) is 5.92 Å². The molecule has 0 aromatic heterocycles. The van der Waals surface area contributed by atoms with Crippen molar-refractivity contribution in [1.29, 1.82) is 0 Å². The van der Waals surface area contributed by atoms with Gasteiger partial charge >= 0.3 is 0 Å². The lowest BCUT2D eigenvalue weighted by Gasteiger charge is -2.36. The van der Waals surface area contributed by atoms with Crippen molar-refractivity contribution in [1.82, 2.24) is 9.80 Å². The van der Waals surface area contributed by atoms with Gasteiger partial charge in [-0.3, -0.25) is 9.59 Å². The number of carbonyl (C=O) groups excluding carboxylic acids is 2. The number of benzene rings is 1. The molecule has 1 fully saturated rings. The molecule has 0 radical (unpaired) electrons. The Morgan fingerprint density at radius 2 is 1.57 bits per heavy atom. The number of hydrogen-bond donors (Lipinski definition) is 0. The number of methoxy groups -OCH3 is 1. The molecule has 1 aliphatic rings. The maximum Gasteiger partial charge on any atom is 0.254 e. The van der Waals surface area contributed by atoms with E-state index in [0.717, 1.165) is 16.9 Å². The second kappa shape index (κ2) is 7.02. The number of rotatable bonds is 3. The third-order valence-corrected chi connectivity index (χ3v) is 4.34. The third kappa shape index (κ3) is 3.66. The molecule has 1 heterocycles. The van der Waals surface area contributed by atoms with Crippen LogP contribution in [0.2, 0.25) is 0 Å². The van der Waals surface area contributed by atoms with Crippen LogP contribution in [0, 0.1) is 19.8 Å². The minimum Gasteiger partial charge on any atom is -0.496 e. The van der Waals surface area contributed by atoms with Crippen LogP contribution in [-0.4, -0.2) is 54.9 Å². The fraction of sp³-hybridized carbons (Fsp3) is 0.556. The van der Waals surface area contributed by atoms with E-state index < -0.39 is 0 Å². The van der Waals surface area contributed by atoms with Gasteiger partial charge in [0.05, 0.1) is 7.11 Å². The first-order valence-electron chi connectivity index (χ1n) is 8.08. The summed E-state index contributed by atoms with van der Waals surface area (Å²) in [6.07, 6.45) is 0. The Bertz CT molecular complexity index is 603. The van der Waals surface area contributed by atoms with Crippen molar-refractivity contribution >= 4 is 11.8 Å². The largest absolute Gasteiger partial charge is 0.496 e. The minimum absolute atomic E-state index is 0.00346. The highest BCUT2D eigenvalue weighted by Crippen LogP contribution is 2.24. The lowest BCUT2D eigenvalue weighted by Crippen LogP contribution is -2.51. The average Bonchev–Trinajstić information content (AvgIpc) is 2.55. The van der Waals surface area contributed by atoms with E-state index in [9.17, 15) is 9.59 Å². The minimum atomic E-state index is 0.00346. The summed E-state index contributed by atoms with van der Waals surface area (Å²) >= 11 is 0. The van der Waals surface area contributed by atoms with Gasteiger partial charge in [0.1, 0.15) is 5.75 Å². The topological polar surface area (TPSA) is 49.9 Å². The third-order valence-electron chi connectivity index (χ3n) is 4.34. The molecule has 2 amide bonds. The summed E-state index contributed by atoms with van der Waals surface area (Å²) in [6, 6.07) is 3.79. The zero-order chi connectivity index (χ0) is 17.1. The second-order valence-corrected chi connectivity index (χ2v) is 6.41. The summed E-state index contributed by atoms with van der Waals surface area (Å²) in [6.45, 7) is 10.1. The van der Waals surface area contributed by atoms with Gasteiger partial charge in [-0.1, -0.05) is 13.8 Å². The number of carbonyl (C=O) groups is 2. The number of nitrogens with zero attached hydrogens (tertiary/aromatic N) is 2. The zero-order valence-electron chi connectivity index (χ0n) is 14.7. The maximum absolute atomic E-state index is 12.8. The molecule has 0 unspecified atom stereocenters. The molecule has 0 saturated carbocycles. The summed E-state index contributed by atoms with van der Waals surface area (Å²) in [5, 5.41) is 0. The lowest BCUT2D eigenvalue weighted by atomic mass is 10.0. The van der Waals surface area contributed by atoms with Gasteiger partial charge in [0.2, 0.25) is 5.91 Å². The van der Waals surface area contributed by atoms with E-state index in [4.69, 9.17) is 4.74 Å². The van der Waals surface area contributed by atoms with Gasteiger partial charge in [-0.25, -0.2) is 0 Å². The molecule has 1 aromatic carbocycles. The smallest absolute Gasteiger partial charge is 0.254 e. The molecule has 2 rings (SSSR count). The van der Waals surface area contributed by atoms with Gasteiger partial charge in [-0.05, 0) is 37.1 Å². The molecule has 5 heteroatoms. The molecule has 0 atom stereocenters.